The van der Waals surface area contributed by atoms with E-state index in [0.717, 1.165) is 39.3 Å². The first-order valence-corrected chi connectivity index (χ1v) is 10.9. The number of hydrogen-bond donors (Lipinski definition) is 0. The maximum atomic E-state index is 14.5. The molecular weight excluding hydrogens is 420 g/mol. The second kappa shape index (κ2) is 7.34. The van der Waals surface area contributed by atoms with Gasteiger partial charge in [-0.25, -0.2) is 13.7 Å². The van der Waals surface area contributed by atoms with Gasteiger partial charge < -0.3 is 0 Å². The summed E-state index contributed by atoms with van der Waals surface area (Å²) >= 11 is 0. The number of nitrogens with zero attached hydrogens (tertiary/aromatic N) is 1. The predicted octanol–water partition coefficient (Wildman–Crippen LogP) is 5.39. The van der Waals surface area contributed by atoms with Crippen molar-refractivity contribution in [2.45, 2.75) is 0 Å². The molecule has 3 aromatic carbocycles. The van der Waals surface area contributed by atoms with E-state index in [4.69, 9.17) is 0 Å². The van der Waals surface area contributed by atoms with Crippen molar-refractivity contribution in [1.29, 1.82) is 0 Å². The lowest BCUT2D eigenvalue weighted by Gasteiger charge is -2.22. The second-order valence-corrected chi connectivity index (χ2v) is 8.63. The molecule has 6 rings (SSSR count). The molecule has 2 fully saturated rings. The Bertz CT molecular complexity index is 1250. The normalized spacial score (nSPS) is 25.2. The van der Waals surface area contributed by atoms with E-state index in [1.54, 1.807) is 0 Å². The van der Waals surface area contributed by atoms with Crippen LogP contribution in [0.15, 0.2) is 96.6 Å². The van der Waals surface area contributed by atoms with E-state index in [1.165, 1.54) is 6.07 Å². The van der Waals surface area contributed by atoms with Gasteiger partial charge in [-0.15, -0.1) is 0 Å². The highest BCUT2D eigenvalue weighted by molar-refractivity contribution is 6.23. The number of imide groups is 1. The molecular formula is C28H19F2NO2. The van der Waals surface area contributed by atoms with Gasteiger partial charge in [0.25, 0.3) is 0 Å². The van der Waals surface area contributed by atoms with Gasteiger partial charge in [0.15, 0.2) is 0 Å². The molecule has 0 radical (unpaired) electrons. The Balaban J connectivity index is 1.50. The molecule has 2 bridgehead atoms. The average Bonchev–Trinajstić information content (AvgIpc) is 3.46. The Morgan fingerprint density at radius 3 is 1.55 bits per heavy atom. The molecule has 1 aliphatic heterocycles. The van der Waals surface area contributed by atoms with Gasteiger partial charge in [-0.2, -0.15) is 0 Å². The number of carbonyl (C=O) groups excluding carboxylic acids is 2. The average molecular weight is 439 g/mol. The lowest BCUT2D eigenvalue weighted by Crippen LogP contribution is -2.34. The first-order valence-electron chi connectivity index (χ1n) is 10.9. The third-order valence-electron chi connectivity index (χ3n) is 6.99. The second-order valence-electron chi connectivity index (χ2n) is 8.63. The van der Waals surface area contributed by atoms with Crippen LogP contribution in [0.25, 0.3) is 5.57 Å². The van der Waals surface area contributed by atoms with Gasteiger partial charge in [-0.1, -0.05) is 78.9 Å². The summed E-state index contributed by atoms with van der Waals surface area (Å²) in [5, 5.41) is 0. The van der Waals surface area contributed by atoms with Crippen LogP contribution in [0, 0.1) is 35.3 Å². The Morgan fingerprint density at radius 1 is 0.636 bits per heavy atom. The summed E-state index contributed by atoms with van der Waals surface area (Å²) in [5.74, 6) is -4.83. The summed E-state index contributed by atoms with van der Waals surface area (Å²) in [5.41, 5.74) is 3.48. The van der Waals surface area contributed by atoms with Crippen LogP contribution in [0.2, 0.25) is 0 Å². The largest absolute Gasteiger partial charge is 0.274 e. The number of fused-ring (bicyclic) bond motifs is 5. The minimum atomic E-state index is -0.915. The maximum Gasteiger partial charge on any atom is 0.238 e. The molecule has 5 heteroatoms. The van der Waals surface area contributed by atoms with Crippen LogP contribution >= 0.6 is 0 Å². The van der Waals surface area contributed by atoms with Crippen LogP contribution in [-0.4, -0.2) is 11.8 Å². The lowest BCUT2D eigenvalue weighted by molar-refractivity contribution is -0.123. The van der Waals surface area contributed by atoms with Gasteiger partial charge in [0.1, 0.15) is 17.3 Å². The lowest BCUT2D eigenvalue weighted by atomic mass is 9.85. The van der Waals surface area contributed by atoms with Crippen LogP contribution < -0.4 is 4.90 Å². The number of amides is 2. The predicted molar refractivity (Wildman–Crippen MR) is 121 cm³/mol. The molecule has 2 aliphatic carbocycles. The quantitative estimate of drug-likeness (QED) is 0.406. The van der Waals surface area contributed by atoms with Crippen molar-refractivity contribution in [2.24, 2.45) is 23.7 Å². The maximum absolute atomic E-state index is 14.5. The fourth-order valence-corrected chi connectivity index (χ4v) is 5.73. The fraction of sp³-hybridized carbons (Fsp3) is 0.143. The zero-order chi connectivity index (χ0) is 22.7. The Kier molecular flexibility index (Phi) is 4.40. The van der Waals surface area contributed by atoms with Gasteiger partial charge in [0.05, 0.1) is 11.8 Å². The Labute approximate surface area is 189 Å². The molecule has 3 aliphatic rings. The van der Waals surface area contributed by atoms with Crippen molar-refractivity contribution < 1.29 is 18.4 Å². The highest BCUT2D eigenvalue weighted by atomic mass is 19.1. The highest BCUT2D eigenvalue weighted by Gasteiger charge is 2.63. The molecule has 0 unspecified atom stereocenters. The van der Waals surface area contributed by atoms with Crippen LogP contribution in [0.3, 0.4) is 0 Å². The number of halogens is 2. The Morgan fingerprint density at radius 2 is 1.09 bits per heavy atom. The number of anilines is 1. The van der Waals surface area contributed by atoms with Crippen molar-refractivity contribution in [3.63, 3.8) is 0 Å². The van der Waals surface area contributed by atoms with Crippen molar-refractivity contribution in [3.8, 4) is 0 Å². The third-order valence-corrected chi connectivity index (χ3v) is 6.99. The van der Waals surface area contributed by atoms with E-state index in [-0.39, 0.29) is 11.8 Å². The molecule has 0 spiro atoms. The zero-order valence-electron chi connectivity index (χ0n) is 17.5. The van der Waals surface area contributed by atoms with E-state index in [9.17, 15) is 18.4 Å². The summed E-state index contributed by atoms with van der Waals surface area (Å²) in [6.07, 6.45) is 3.94. The molecule has 3 aromatic rings. The van der Waals surface area contributed by atoms with Crippen molar-refractivity contribution in [1.82, 2.24) is 0 Å². The van der Waals surface area contributed by atoms with Crippen LogP contribution in [-0.2, 0) is 9.59 Å². The smallest absolute Gasteiger partial charge is 0.238 e. The van der Waals surface area contributed by atoms with Crippen molar-refractivity contribution in [2.75, 3.05) is 4.90 Å². The molecule has 1 saturated carbocycles. The number of para-hydroxylation sites is 1. The summed E-state index contributed by atoms with van der Waals surface area (Å²) in [7, 11) is 0. The molecule has 33 heavy (non-hydrogen) atoms. The first kappa shape index (κ1) is 19.8. The zero-order valence-corrected chi connectivity index (χ0v) is 17.5. The topological polar surface area (TPSA) is 37.4 Å². The summed E-state index contributed by atoms with van der Waals surface area (Å²) in [6.45, 7) is 0. The van der Waals surface area contributed by atoms with Crippen molar-refractivity contribution >= 4 is 23.1 Å². The number of benzene rings is 3. The summed E-state index contributed by atoms with van der Waals surface area (Å²) in [6, 6.07) is 23.2. The van der Waals surface area contributed by atoms with Gasteiger partial charge in [0, 0.05) is 11.8 Å². The summed E-state index contributed by atoms with van der Waals surface area (Å²) in [4.78, 5) is 27.6. The monoisotopic (exact) mass is 439 g/mol. The highest BCUT2D eigenvalue weighted by Crippen LogP contribution is 2.59. The molecule has 2 amide bonds. The Hall–Kier alpha value is -3.86. The van der Waals surface area contributed by atoms with E-state index in [2.05, 4.69) is 0 Å². The molecule has 1 heterocycles. The van der Waals surface area contributed by atoms with Crippen LogP contribution in [0.4, 0.5) is 14.5 Å². The fourth-order valence-electron chi connectivity index (χ4n) is 5.73. The van der Waals surface area contributed by atoms with E-state index in [0.29, 0.717) is 0 Å². The van der Waals surface area contributed by atoms with Gasteiger partial charge >= 0.3 is 0 Å². The van der Waals surface area contributed by atoms with Crippen molar-refractivity contribution in [3.05, 3.63) is 119 Å². The molecule has 4 atom stereocenters. The van der Waals surface area contributed by atoms with Gasteiger partial charge in [0.2, 0.25) is 11.8 Å². The number of carbonyl (C=O) groups is 2. The van der Waals surface area contributed by atoms with E-state index in [1.807, 2.05) is 72.8 Å². The standard InChI is InChI=1S/C28H19F2NO2/c29-20-12-7-13-21(30)26(20)31-27(32)24-18-14-15-19(25(24)28(31)33)23(18)22(16-8-3-1-4-9-16)17-10-5-2-6-11-17/h1-15,18-19,24-25H/t18-,19-,24-,25-/m0/s1. The molecule has 162 valence electrons. The first-order chi connectivity index (χ1) is 16.1. The van der Waals surface area contributed by atoms with E-state index >= 15 is 0 Å². The van der Waals surface area contributed by atoms with Gasteiger partial charge in [-0.3, -0.25) is 9.59 Å². The minimum Gasteiger partial charge on any atom is -0.274 e. The minimum absolute atomic E-state index is 0.299. The SMILES string of the molecule is O=C1[C@@H]2[C@@H](C(=O)N1c1c(F)cccc1F)[C@H]1C=C[C@H]2C1=C(c1ccccc1)c1ccccc1. The molecule has 0 N–H and O–H groups in total. The van der Waals surface area contributed by atoms with Crippen LogP contribution in [0.1, 0.15) is 11.1 Å². The number of rotatable bonds is 3. The molecule has 3 nitrogen and oxygen atoms in total. The number of hydrogen-bond acceptors (Lipinski definition) is 2. The van der Waals surface area contributed by atoms with E-state index < -0.39 is 41.0 Å². The third kappa shape index (κ3) is 2.78. The number of allylic oxidation sites excluding steroid dienone is 3. The van der Waals surface area contributed by atoms with Gasteiger partial charge in [-0.05, 0) is 34.4 Å². The molecule has 0 aromatic heterocycles. The summed E-state index contributed by atoms with van der Waals surface area (Å²) < 4.78 is 28.9. The molecule has 1 saturated heterocycles. The van der Waals surface area contributed by atoms with Crippen LogP contribution in [0.5, 0.6) is 0 Å².